The average Bonchev–Trinajstić information content (AvgIpc) is 2.99. The van der Waals surface area contributed by atoms with Crippen LogP contribution in [0.4, 0.5) is 0 Å². The number of aryl methyl sites for hydroxylation is 2. The highest BCUT2D eigenvalue weighted by molar-refractivity contribution is 7.18. The van der Waals surface area contributed by atoms with Gasteiger partial charge in [0, 0.05) is 11.1 Å². The van der Waals surface area contributed by atoms with E-state index in [2.05, 4.69) is 15.0 Å². The minimum absolute atomic E-state index is 0.0802. The highest BCUT2D eigenvalue weighted by Gasteiger charge is 2.20. The van der Waals surface area contributed by atoms with Gasteiger partial charge in [0.2, 0.25) is 0 Å². The van der Waals surface area contributed by atoms with Crippen LogP contribution < -0.4 is 5.56 Å². The highest BCUT2D eigenvalue weighted by Crippen LogP contribution is 2.33. The second-order valence-electron chi connectivity index (χ2n) is 5.69. The molecule has 3 aromatic rings. The fourth-order valence-corrected chi connectivity index (χ4v) is 4.25. The summed E-state index contributed by atoms with van der Waals surface area (Å²) < 4.78 is 5.19. The van der Waals surface area contributed by atoms with E-state index in [4.69, 9.17) is 4.74 Å². The molecule has 4 rings (SSSR count). The molecule has 3 aromatic heterocycles. The van der Waals surface area contributed by atoms with Crippen LogP contribution in [0, 0.1) is 0 Å². The van der Waals surface area contributed by atoms with Crippen molar-refractivity contribution in [3.8, 4) is 0 Å². The maximum Gasteiger partial charge on any atom is 0.357 e. The molecule has 0 atom stereocenters. The van der Waals surface area contributed by atoms with E-state index in [1.54, 1.807) is 29.5 Å². The molecule has 3 heterocycles. The van der Waals surface area contributed by atoms with Crippen molar-refractivity contribution in [3.05, 3.63) is 56.7 Å². The van der Waals surface area contributed by atoms with Gasteiger partial charge in [-0.15, -0.1) is 11.3 Å². The van der Waals surface area contributed by atoms with E-state index >= 15 is 0 Å². The van der Waals surface area contributed by atoms with Gasteiger partial charge in [-0.3, -0.25) is 4.79 Å². The van der Waals surface area contributed by atoms with E-state index in [-0.39, 0.29) is 17.9 Å². The third-order valence-corrected chi connectivity index (χ3v) is 5.27. The number of aromatic nitrogens is 3. The van der Waals surface area contributed by atoms with Crippen LogP contribution in [0.3, 0.4) is 0 Å². The lowest BCUT2D eigenvalue weighted by atomic mass is 9.97. The van der Waals surface area contributed by atoms with E-state index < -0.39 is 5.97 Å². The largest absolute Gasteiger partial charge is 0.453 e. The Morgan fingerprint density at radius 2 is 2.17 bits per heavy atom. The summed E-state index contributed by atoms with van der Waals surface area (Å²) in [4.78, 5) is 37.5. The zero-order valence-electron chi connectivity index (χ0n) is 12.9. The Hall–Kier alpha value is -2.54. The monoisotopic (exact) mass is 341 g/mol. The van der Waals surface area contributed by atoms with Gasteiger partial charge in [-0.1, -0.05) is 6.07 Å². The van der Waals surface area contributed by atoms with Crippen LogP contribution in [0.1, 0.15) is 39.6 Å². The lowest BCUT2D eigenvalue weighted by Gasteiger charge is -2.09. The van der Waals surface area contributed by atoms with Crippen LogP contribution in [0.15, 0.2) is 29.2 Å². The van der Waals surface area contributed by atoms with Crippen LogP contribution >= 0.6 is 11.3 Å². The molecule has 0 aromatic carbocycles. The van der Waals surface area contributed by atoms with Gasteiger partial charge < -0.3 is 9.72 Å². The summed E-state index contributed by atoms with van der Waals surface area (Å²) >= 11 is 1.57. The summed E-state index contributed by atoms with van der Waals surface area (Å²) in [5.41, 5.74) is 1.22. The van der Waals surface area contributed by atoms with Crippen molar-refractivity contribution in [1.82, 2.24) is 15.0 Å². The number of fused-ring (bicyclic) bond motifs is 3. The van der Waals surface area contributed by atoms with E-state index in [0.29, 0.717) is 11.2 Å². The van der Waals surface area contributed by atoms with Crippen LogP contribution in [-0.4, -0.2) is 20.9 Å². The zero-order valence-corrected chi connectivity index (χ0v) is 13.7. The molecular formula is C17H15N3O3S. The number of H-pyrrole nitrogens is 1. The quantitative estimate of drug-likeness (QED) is 0.740. The summed E-state index contributed by atoms with van der Waals surface area (Å²) in [6.07, 6.45) is 5.75. The fourth-order valence-electron chi connectivity index (χ4n) is 2.97. The van der Waals surface area contributed by atoms with Gasteiger partial charge in [-0.2, -0.15) is 0 Å². The second-order valence-corrected chi connectivity index (χ2v) is 6.78. The minimum atomic E-state index is -0.538. The zero-order chi connectivity index (χ0) is 16.5. The first-order valence-corrected chi connectivity index (χ1v) is 8.65. The number of aromatic amines is 1. The van der Waals surface area contributed by atoms with E-state index in [1.165, 1.54) is 11.1 Å². The Labute approximate surface area is 141 Å². The first kappa shape index (κ1) is 15.0. The minimum Gasteiger partial charge on any atom is -0.453 e. The smallest absolute Gasteiger partial charge is 0.357 e. The molecule has 122 valence electrons. The molecule has 0 unspecified atom stereocenters. The number of esters is 1. The number of nitrogens with zero attached hydrogens (tertiary/aromatic N) is 2. The van der Waals surface area contributed by atoms with Gasteiger partial charge >= 0.3 is 5.97 Å². The Morgan fingerprint density at radius 1 is 1.29 bits per heavy atom. The summed E-state index contributed by atoms with van der Waals surface area (Å²) in [5, 5.41) is 0.703. The maximum atomic E-state index is 12.4. The summed E-state index contributed by atoms with van der Waals surface area (Å²) in [5.74, 6) is -0.181. The number of carbonyl (C=O) groups is 1. The van der Waals surface area contributed by atoms with Crippen molar-refractivity contribution in [2.45, 2.75) is 32.3 Å². The molecule has 0 spiro atoms. The lowest BCUT2D eigenvalue weighted by molar-refractivity contribution is 0.0455. The maximum absolute atomic E-state index is 12.4. The molecule has 0 amide bonds. The molecule has 0 saturated carbocycles. The Kier molecular flexibility index (Phi) is 3.86. The molecule has 7 heteroatoms. The van der Waals surface area contributed by atoms with Crippen LogP contribution in [0.2, 0.25) is 0 Å². The molecule has 24 heavy (non-hydrogen) atoms. The van der Waals surface area contributed by atoms with E-state index in [1.807, 2.05) is 0 Å². The first-order chi connectivity index (χ1) is 11.7. The second kappa shape index (κ2) is 6.16. The van der Waals surface area contributed by atoms with Crippen LogP contribution in [0.25, 0.3) is 10.2 Å². The molecular weight excluding hydrogens is 326 g/mol. The number of ether oxygens (including phenoxy) is 1. The van der Waals surface area contributed by atoms with Gasteiger partial charge in [0.1, 0.15) is 23.0 Å². The lowest BCUT2D eigenvalue weighted by Crippen LogP contribution is -2.15. The predicted octanol–water partition coefficient (Wildman–Crippen LogP) is 2.62. The van der Waals surface area contributed by atoms with E-state index in [0.717, 1.165) is 36.1 Å². The molecule has 1 aliphatic rings. The summed E-state index contributed by atoms with van der Waals surface area (Å²) in [6.45, 7) is -0.0802. The van der Waals surface area contributed by atoms with Gasteiger partial charge in [0.25, 0.3) is 5.56 Å². The number of nitrogens with one attached hydrogen (secondary N) is 1. The number of hydrogen-bond donors (Lipinski definition) is 1. The Balaban J connectivity index is 1.59. The summed E-state index contributed by atoms with van der Waals surface area (Å²) in [6, 6.07) is 5.02. The fraction of sp³-hybridized carbons (Fsp3) is 0.294. The number of rotatable bonds is 3. The van der Waals surface area contributed by atoms with Crippen LogP contribution in [-0.2, 0) is 24.2 Å². The van der Waals surface area contributed by atoms with Crippen molar-refractivity contribution in [2.75, 3.05) is 0 Å². The van der Waals surface area contributed by atoms with Gasteiger partial charge in [0.15, 0.2) is 0 Å². The molecule has 0 bridgehead atoms. The number of carbonyl (C=O) groups excluding carboxylic acids is 1. The van der Waals surface area contributed by atoms with Crippen molar-refractivity contribution in [2.24, 2.45) is 0 Å². The molecule has 0 fully saturated rings. The third-order valence-electron chi connectivity index (χ3n) is 4.09. The molecule has 0 aliphatic heterocycles. The SMILES string of the molecule is O=C(OCc1nc2sc3c(c2c(=O)[nH]1)CCCC3)c1ccccn1. The average molecular weight is 341 g/mol. The number of hydrogen-bond acceptors (Lipinski definition) is 6. The topological polar surface area (TPSA) is 84.9 Å². The molecule has 6 nitrogen and oxygen atoms in total. The van der Waals surface area contributed by atoms with Crippen molar-refractivity contribution in [3.63, 3.8) is 0 Å². The normalized spacial score (nSPS) is 13.7. The van der Waals surface area contributed by atoms with Crippen molar-refractivity contribution < 1.29 is 9.53 Å². The first-order valence-electron chi connectivity index (χ1n) is 7.84. The van der Waals surface area contributed by atoms with E-state index in [9.17, 15) is 9.59 Å². The number of pyridine rings is 1. The predicted molar refractivity (Wildman–Crippen MR) is 90.2 cm³/mol. The molecule has 0 radical (unpaired) electrons. The number of thiophene rings is 1. The Morgan fingerprint density at radius 3 is 3.00 bits per heavy atom. The summed E-state index contributed by atoms with van der Waals surface area (Å²) in [7, 11) is 0. The molecule has 0 saturated heterocycles. The van der Waals surface area contributed by atoms with Crippen molar-refractivity contribution >= 4 is 27.5 Å². The Bertz CT molecular complexity index is 962. The highest BCUT2D eigenvalue weighted by atomic mass is 32.1. The third kappa shape index (κ3) is 2.71. The van der Waals surface area contributed by atoms with Crippen LogP contribution in [0.5, 0.6) is 0 Å². The molecule has 1 N–H and O–H groups in total. The van der Waals surface area contributed by atoms with Gasteiger partial charge in [-0.25, -0.2) is 14.8 Å². The van der Waals surface area contributed by atoms with Gasteiger partial charge in [-0.05, 0) is 43.4 Å². The standard InChI is InChI=1S/C17H15N3O3S/c21-15-14-10-5-1-2-7-12(10)24-16(14)20-13(19-15)9-23-17(22)11-6-3-4-8-18-11/h3-4,6,8H,1-2,5,7,9H2,(H,19,20,21). The molecule has 1 aliphatic carbocycles. The van der Waals surface area contributed by atoms with Crippen molar-refractivity contribution in [1.29, 1.82) is 0 Å². The van der Waals surface area contributed by atoms with Gasteiger partial charge in [0.05, 0.1) is 5.39 Å².